The number of amides is 1. The van der Waals surface area contributed by atoms with Gasteiger partial charge in [0.15, 0.2) is 0 Å². The van der Waals surface area contributed by atoms with E-state index in [1.165, 1.54) is 4.90 Å². The topological polar surface area (TPSA) is 40.5 Å². The lowest BCUT2D eigenvalue weighted by atomic mass is 10.2. The normalized spacial score (nSPS) is 27.1. The van der Waals surface area contributed by atoms with E-state index in [0.29, 0.717) is 0 Å². The summed E-state index contributed by atoms with van der Waals surface area (Å²) in [6.07, 6.45) is 2.82. The minimum Gasteiger partial charge on any atom is -0.388 e. The van der Waals surface area contributed by atoms with E-state index in [-0.39, 0.29) is 12.3 Å². The molecule has 0 saturated heterocycles. The zero-order valence-corrected chi connectivity index (χ0v) is 5.24. The Morgan fingerprint density at radius 2 is 2.56 bits per heavy atom. The van der Waals surface area contributed by atoms with Crippen LogP contribution in [0.15, 0.2) is 12.3 Å². The molecule has 1 aliphatic heterocycles. The fourth-order valence-electron chi connectivity index (χ4n) is 0.703. The molecule has 1 amide bonds. The minimum atomic E-state index is -0.575. The zero-order valence-electron chi connectivity index (χ0n) is 5.24. The van der Waals surface area contributed by atoms with Crippen LogP contribution >= 0.6 is 0 Å². The lowest BCUT2D eigenvalue weighted by Crippen LogP contribution is -2.29. The Morgan fingerprint density at radius 1 is 1.89 bits per heavy atom. The van der Waals surface area contributed by atoms with Gasteiger partial charge in [0.05, 0.1) is 12.5 Å². The highest BCUT2D eigenvalue weighted by molar-refractivity contribution is 5.78. The second kappa shape index (κ2) is 2.19. The fraction of sp³-hybridized carbons (Fsp3) is 0.500. The van der Waals surface area contributed by atoms with Gasteiger partial charge in [0, 0.05) is 13.2 Å². The molecule has 1 heterocycles. The predicted molar refractivity (Wildman–Crippen MR) is 32.5 cm³/mol. The quantitative estimate of drug-likeness (QED) is 0.486. The van der Waals surface area contributed by atoms with Crippen molar-refractivity contribution in [1.29, 1.82) is 0 Å². The van der Waals surface area contributed by atoms with Gasteiger partial charge in [0.1, 0.15) is 0 Å². The molecule has 1 aliphatic rings. The number of hydrogen-bond acceptors (Lipinski definition) is 2. The molecule has 0 aromatic rings. The van der Waals surface area contributed by atoms with Crippen molar-refractivity contribution in [2.45, 2.75) is 12.5 Å². The molecule has 0 bridgehead atoms. The van der Waals surface area contributed by atoms with Crippen LogP contribution in [0.1, 0.15) is 6.42 Å². The molecule has 0 aromatic heterocycles. The summed E-state index contributed by atoms with van der Waals surface area (Å²) in [6, 6.07) is 0. The van der Waals surface area contributed by atoms with Crippen LogP contribution in [0.2, 0.25) is 0 Å². The van der Waals surface area contributed by atoms with Gasteiger partial charge in [0.2, 0.25) is 5.91 Å². The van der Waals surface area contributed by atoms with Crippen molar-refractivity contribution in [3.63, 3.8) is 0 Å². The standard InChI is InChI=1S/C6H9NO2/c1-7-3-2-5(8)4-6(7)9/h2-3,5,8H,4H2,1H3. The molecule has 0 aromatic carbocycles. The largest absolute Gasteiger partial charge is 0.388 e. The third kappa shape index (κ3) is 1.29. The maximum atomic E-state index is 10.7. The molecule has 1 atom stereocenters. The Kier molecular flexibility index (Phi) is 1.53. The highest BCUT2D eigenvalue weighted by Gasteiger charge is 2.15. The van der Waals surface area contributed by atoms with Gasteiger partial charge >= 0.3 is 0 Å². The van der Waals surface area contributed by atoms with Crippen LogP contribution in [0.25, 0.3) is 0 Å². The van der Waals surface area contributed by atoms with Crippen LogP contribution < -0.4 is 0 Å². The number of aliphatic hydroxyl groups excluding tert-OH is 1. The number of rotatable bonds is 0. The second-order valence-electron chi connectivity index (χ2n) is 2.12. The Balaban J connectivity index is 2.65. The third-order valence-electron chi connectivity index (χ3n) is 1.31. The van der Waals surface area contributed by atoms with E-state index < -0.39 is 6.10 Å². The molecule has 3 nitrogen and oxygen atoms in total. The Morgan fingerprint density at radius 3 is 3.00 bits per heavy atom. The van der Waals surface area contributed by atoms with Crippen LogP contribution in [0.4, 0.5) is 0 Å². The summed E-state index contributed by atoms with van der Waals surface area (Å²) in [5.74, 6) is -0.0370. The maximum absolute atomic E-state index is 10.7. The summed E-state index contributed by atoms with van der Waals surface area (Å²) in [5, 5.41) is 8.86. The van der Waals surface area contributed by atoms with Crippen LogP contribution in [0.3, 0.4) is 0 Å². The van der Waals surface area contributed by atoms with Crippen molar-refractivity contribution in [2.24, 2.45) is 0 Å². The van der Waals surface area contributed by atoms with Gasteiger partial charge in [-0.25, -0.2) is 0 Å². The summed E-state index contributed by atoms with van der Waals surface area (Å²) in [6.45, 7) is 0. The van der Waals surface area contributed by atoms with Crippen molar-refractivity contribution in [2.75, 3.05) is 7.05 Å². The van der Waals surface area contributed by atoms with E-state index in [1.54, 1.807) is 19.3 Å². The third-order valence-corrected chi connectivity index (χ3v) is 1.31. The number of carbonyl (C=O) groups is 1. The number of aliphatic hydroxyl groups is 1. The summed E-state index contributed by atoms with van der Waals surface area (Å²) in [4.78, 5) is 12.2. The highest BCUT2D eigenvalue weighted by atomic mass is 16.3. The molecule has 0 spiro atoms. The van der Waals surface area contributed by atoms with Crippen molar-refractivity contribution in [3.8, 4) is 0 Å². The zero-order chi connectivity index (χ0) is 6.85. The summed E-state index contributed by atoms with van der Waals surface area (Å²) >= 11 is 0. The minimum absolute atomic E-state index is 0.0370. The molecule has 1 unspecified atom stereocenters. The van der Waals surface area contributed by atoms with Crippen LogP contribution in [0.5, 0.6) is 0 Å². The van der Waals surface area contributed by atoms with Crippen LogP contribution in [-0.2, 0) is 4.79 Å². The summed E-state index contributed by atoms with van der Waals surface area (Å²) in [5.41, 5.74) is 0. The van der Waals surface area contributed by atoms with E-state index in [0.717, 1.165) is 0 Å². The molecule has 0 fully saturated rings. The fourth-order valence-corrected chi connectivity index (χ4v) is 0.703. The Bertz CT molecular complexity index is 153. The number of hydrogen-bond donors (Lipinski definition) is 1. The lowest BCUT2D eigenvalue weighted by Gasteiger charge is -2.18. The Labute approximate surface area is 53.6 Å². The molecule has 1 rings (SSSR count). The lowest BCUT2D eigenvalue weighted by molar-refractivity contribution is -0.129. The molecule has 50 valence electrons. The van der Waals surface area contributed by atoms with E-state index in [4.69, 9.17) is 5.11 Å². The summed E-state index contributed by atoms with van der Waals surface area (Å²) in [7, 11) is 1.67. The van der Waals surface area contributed by atoms with Crippen molar-refractivity contribution < 1.29 is 9.90 Å². The highest BCUT2D eigenvalue weighted by Crippen LogP contribution is 2.04. The van der Waals surface area contributed by atoms with Crippen molar-refractivity contribution in [1.82, 2.24) is 4.90 Å². The van der Waals surface area contributed by atoms with Crippen molar-refractivity contribution in [3.05, 3.63) is 12.3 Å². The van der Waals surface area contributed by atoms with Crippen LogP contribution in [-0.4, -0.2) is 29.1 Å². The predicted octanol–water partition coefficient (Wildman–Crippen LogP) is -0.277. The number of carbonyl (C=O) groups excluding carboxylic acids is 1. The Hall–Kier alpha value is -0.830. The van der Waals surface area contributed by atoms with Gasteiger partial charge in [-0.15, -0.1) is 0 Å². The van der Waals surface area contributed by atoms with Gasteiger partial charge in [-0.05, 0) is 6.08 Å². The average molecular weight is 127 g/mol. The molecule has 0 aliphatic carbocycles. The molecule has 0 saturated carbocycles. The van der Waals surface area contributed by atoms with Gasteiger partial charge in [0.25, 0.3) is 0 Å². The molecule has 3 heteroatoms. The van der Waals surface area contributed by atoms with E-state index in [9.17, 15) is 4.79 Å². The van der Waals surface area contributed by atoms with Gasteiger partial charge in [-0.3, -0.25) is 4.79 Å². The van der Waals surface area contributed by atoms with Gasteiger partial charge < -0.3 is 10.0 Å². The average Bonchev–Trinajstić information content (AvgIpc) is 1.80. The SMILES string of the molecule is CN1C=CC(O)CC1=O. The first-order valence-corrected chi connectivity index (χ1v) is 2.82. The van der Waals surface area contributed by atoms with Crippen molar-refractivity contribution >= 4 is 5.91 Å². The van der Waals surface area contributed by atoms with Crippen LogP contribution in [0, 0.1) is 0 Å². The summed E-state index contributed by atoms with van der Waals surface area (Å²) < 4.78 is 0. The number of nitrogens with zero attached hydrogens (tertiary/aromatic N) is 1. The smallest absolute Gasteiger partial charge is 0.229 e. The molecular weight excluding hydrogens is 118 g/mol. The maximum Gasteiger partial charge on any atom is 0.229 e. The van der Waals surface area contributed by atoms with E-state index in [1.807, 2.05) is 0 Å². The first kappa shape index (κ1) is 6.29. The molecule has 1 N–H and O–H groups in total. The van der Waals surface area contributed by atoms with Gasteiger partial charge in [-0.1, -0.05) is 0 Å². The first-order valence-electron chi connectivity index (χ1n) is 2.82. The first-order chi connectivity index (χ1) is 4.20. The monoisotopic (exact) mass is 127 g/mol. The second-order valence-corrected chi connectivity index (χ2v) is 2.12. The van der Waals surface area contributed by atoms with E-state index in [2.05, 4.69) is 0 Å². The molecule has 0 radical (unpaired) electrons. The van der Waals surface area contributed by atoms with Gasteiger partial charge in [-0.2, -0.15) is 0 Å². The van der Waals surface area contributed by atoms with E-state index >= 15 is 0 Å². The molecule has 9 heavy (non-hydrogen) atoms. The molecular formula is C6H9NO2.